The monoisotopic (exact) mass is 320 g/mol. The van der Waals surface area contributed by atoms with Crippen molar-refractivity contribution in [3.8, 4) is 0 Å². The summed E-state index contributed by atoms with van der Waals surface area (Å²) < 4.78 is 0. The highest BCUT2D eigenvalue weighted by Crippen LogP contribution is 2.43. The number of alkyl halides is 1. The summed E-state index contributed by atoms with van der Waals surface area (Å²) in [5, 5.41) is 0.809. The normalized spacial score (nSPS) is 21.9. The maximum atomic E-state index is 5.92. The van der Waals surface area contributed by atoms with E-state index >= 15 is 0 Å². The Morgan fingerprint density at radius 1 is 1.06 bits per heavy atom. The molecule has 0 amide bonds. The van der Waals surface area contributed by atoms with Gasteiger partial charge in [0.15, 0.2) is 0 Å². The Kier molecular flexibility index (Phi) is 3.45. The summed E-state index contributed by atoms with van der Waals surface area (Å²) in [6, 6.07) is 16.9. The van der Waals surface area contributed by atoms with E-state index in [1.54, 1.807) is 0 Å². The number of rotatable bonds is 2. The molecule has 2 aromatic carbocycles. The second-order valence-corrected chi connectivity index (χ2v) is 6.32. The first-order valence-corrected chi connectivity index (χ1v) is 7.50. The van der Waals surface area contributed by atoms with Gasteiger partial charge in [0, 0.05) is 9.85 Å². The van der Waals surface area contributed by atoms with E-state index in [1.165, 1.54) is 16.7 Å². The van der Waals surface area contributed by atoms with Crippen LogP contribution in [0.5, 0.6) is 0 Å². The molecule has 0 saturated carbocycles. The quantitative estimate of drug-likeness (QED) is 0.668. The van der Waals surface area contributed by atoms with Crippen LogP contribution in [0, 0.1) is 5.92 Å². The summed E-state index contributed by atoms with van der Waals surface area (Å²) in [6.45, 7) is 0. The Morgan fingerprint density at radius 3 is 2.50 bits per heavy atom. The van der Waals surface area contributed by atoms with Crippen LogP contribution in [0.2, 0.25) is 5.02 Å². The minimum Gasteiger partial charge on any atom is -0.0843 e. The molecule has 18 heavy (non-hydrogen) atoms. The number of hydrogen-bond acceptors (Lipinski definition) is 0. The number of benzene rings is 2. The predicted molar refractivity (Wildman–Crippen MR) is 80.5 cm³/mol. The van der Waals surface area contributed by atoms with E-state index in [4.69, 9.17) is 11.6 Å². The molecule has 0 bridgehead atoms. The van der Waals surface area contributed by atoms with E-state index < -0.39 is 0 Å². The molecule has 2 aromatic rings. The third-order valence-corrected chi connectivity index (χ3v) is 5.15. The minimum absolute atomic E-state index is 0.476. The van der Waals surface area contributed by atoms with Crippen LogP contribution in [0.15, 0.2) is 48.5 Å². The number of fused-ring (bicyclic) bond motifs is 1. The predicted octanol–water partition coefficient (Wildman–Crippen LogP) is 5.19. The van der Waals surface area contributed by atoms with Crippen molar-refractivity contribution in [2.45, 2.75) is 17.7 Å². The Morgan fingerprint density at radius 2 is 1.78 bits per heavy atom. The van der Waals surface area contributed by atoms with Gasteiger partial charge in [-0.25, -0.2) is 0 Å². The van der Waals surface area contributed by atoms with Crippen molar-refractivity contribution in [3.05, 3.63) is 70.2 Å². The maximum Gasteiger partial charge on any atom is 0.0432 e. The van der Waals surface area contributed by atoms with Crippen LogP contribution >= 0.6 is 27.5 Å². The molecule has 2 unspecified atom stereocenters. The molecule has 2 atom stereocenters. The molecule has 0 nitrogen and oxygen atoms in total. The largest absolute Gasteiger partial charge is 0.0843 e. The minimum atomic E-state index is 0.476. The molecule has 0 heterocycles. The van der Waals surface area contributed by atoms with Gasteiger partial charge in [0.2, 0.25) is 0 Å². The van der Waals surface area contributed by atoms with Crippen molar-refractivity contribution >= 4 is 27.5 Å². The number of hydrogen-bond donors (Lipinski definition) is 0. The van der Waals surface area contributed by atoms with Crippen LogP contribution < -0.4 is 0 Å². The Hall–Kier alpha value is -0.790. The van der Waals surface area contributed by atoms with Crippen LogP contribution in [0.3, 0.4) is 0 Å². The Bertz CT molecular complexity index is 547. The highest BCUT2D eigenvalue weighted by atomic mass is 79.9. The highest BCUT2D eigenvalue weighted by molar-refractivity contribution is 9.09. The van der Waals surface area contributed by atoms with Crippen LogP contribution in [0.1, 0.15) is 21.5 Å². The summed E-state index contributed by atoms with van der Waals surface area (Å²) in [5.74, 6) is 0.642. The van der Waals surface area contributed by atoms with Crippen LogP contribution in [0.25, 0.3) is 0 Å². The first-order valence-electron chi connectivity index (χ1n) is 6.20. The molecule has 0 aromatic heterocycles. The van der Waals surface area contributed by atoms with Gasteiger partial charge in [0.1, 0.15) is 0 Å². The summed E-state index contributed by atoms with van der Waals surface area (Å²) in [7, 11) is 0. The van der Waals surface area contributed by atoms with Gasteiger partial charge in [0.25, 0.3) is 0 Å². The molecule has 2 heteroatoms. The van der Waals surface area contributed by atoms with Crippen molar-refractivity contribution in [1.82, 2.24) is 0 Å². The van der Waals surface area contributed by atoms with Crippen molar-refractivity contribution in [2.75, 3.05) is 0 Å². The van der Waals surface area contributed by atoms with Crippen LogP contribution in [-0.2, 0) is 12.8 Å². The van der Waals surface area contributed by atoms with E-state index in [9.17, 15) is 0 Å². The maximum absolute atomic E-state index is 5.92. The topological polar surface area (TPSA) is 0 Å². The first kappa shape index (κ1) is 12.3. The zero-order valence-electron chi connectivity index (χ0n) is 9.94. The lowest BCUT2D eigenvalue weighted by Gasteiger charge is -2.14. The lowest BCUT2D eigenvalue weighted by atomic mass is 9.97. The molecule has 0 saturated heterocycles. The molecular formula is C16H14BrCl. The lowest BCUT2D eigenvalue weighted by Crippen LogP contribution is -2.06. The Labute approximate surface area is 121 Å². The molecule has 0 aliphatic heterocycles. The van der Waals surface area contributed by atoms with Crippen LogP contribution in [0.4, 0.5) is 0 Å². The summed E-state index contributed by atoms with van der Waals surface area (Å²) in [6.07, 6.45) is 2.26. The molecule has 92 valence electrons. The van der Waals surface area contributed by atoms with Crippen molar-refractivity contribution in [3.63, 3.8) is 0 Å². The number of halogens is 2. The van der Waals surface area contributed by atoms with Gasteiger partial charge in [-0.15, -0.1) is 0 Å². The average molecular weight is 322 g/mol. The summed E-state index contributed by atoms with van der Waals surface area (Å²) >= 11 is 9.77. The third-order valence-electron chi connectivity index (χ3n) is 3.66. The fourth-order valence-corrected chi connectivity index (χ4v) is 3.67. The molecule has 0 fully saturated rings. The average Bonchev–Trinajstić information content (AvgIpc) is 2.70. The fraction of sp³-hybridized carbons (Fsp3) is 0.250. The van der Waals surface area contributed by atoms with Crippen molar-refractivity contribution in [1.29, 1.82) is 0 Å². The molecular weight excluding hydrogens is 308 g/mol. The first-order chi connectivity index (χ1) is 8.74. The highest BCUT2D eigenvalue weighted by Gasteiger charge is 2.29. The molecule has 0 spiro atoms. The van der Waals surface area contributed by atoms with Gasteiger partial charge < -0.3 is 0 Å². The van der Waals surface area contributed by atoms with Gasteiger partial charge >= 0.3 is 0 Å². The Balaban J connectivity index is 1.78. The van der Waals surface area contributed by atoms with E-state index in [0.717, 1.165) is 17.9 Å². The van der Waals surface area contributed by atoms with E-state index in [0.29, 0.717) is 10.7 Å². The standard InChI is InChI=1S/C16H14BrCl/c17-16-13(9-11-5-7-14(18)8-6-11)10-12-3-1-2-4-15(12)16/h1-8,13,16H,9-10H2. The van der Waals surface area contributed by atoms with Crippen molar-refractivity contribution < 1.29 is 0 Å². The molecule has 0 radical (unpaired) electrons. The van der Waals surface area contributed by atoms with Gasteiger partial charge in [0.05, 0.1) is 0 Å². The van der Waals surface area contributed by atoms with Gasteiger partial charge in [-0.1, -0.05) is 63.9 Å². The zero-order chi connectivity index (χ0) is 12.5. The molecule has 0 N–H and O–H groups in total. The summed E-state index contributed by atoms with van der Waals surface area (Å²) in [4.78, 5) is 0.476. The smallest absolute Gasteiger partial charge is 0.0432 e. The SMILES string of the molecule is Clc1ccc(CC2Cc3ccccc3C2Br)cc1. The van der Waals surface area contributed by atoms with Gasteiger partial charge in [-0.2, -0.15) is 0 Å². The molecule has 1 aliphatic carbocycles. The summed E-state index contributed by atoms with van der Waals surface area (Å²) in [5.41, 5.74) is 4.30. The van der Waals surface area contributed by atoms with Gasteiger partial charge in [-0.05, 0) is 47.6 Å². The molecule has 3 rings (SSSR count). The van der Waals surface area contributed by atoms with E-state index in [2.05, 4.69) is 52.3 Å². The van der Waals surface area contributed by atoms with E-state index in [1.807, 2.05) is 12.1 Å². The van der Waals surface area contributed by atoms with Gasteiger partial charge in [-0.3, -0.25) is 0 Å². The second-order valence-electron chi connectivity index (χ2n) is 4.90. The fourth-order valence-electron chi connectivity index (χ4n) is 2.73. The third kappa shape index (κ3) is 2.34. The van der Waals surface area contributed by atoms with Crippen molar-refractivity contribution in [2.24, 2.45) is 5.92 Å². The second kappa shape index (κ2) is 5.07. The molecule has 1 aliphatic rings. The van der Waals surface area contributed by atoms with Crippen LogP contribution in [-0.4, -0.2) is 0 Å². The zero-order valence-corrected chi connectivity index (χ0v) is 12.3. The van der Waals surface area contributed by atoms with E-state index in [-0.39, 0.29) is 0 Å². The lowest BCUT2D eigenvalue weighted by molar-refractivity contribution is 0.555.